The summed E-state index contributed by atoms with van der Waals surface area (Å²) in [7, 11) is 0. The lowest BCUT2D eigenvalue weighted by molar-refractivity contribution is -0.120. The van der Waals surface area contributed by atoms with E-state index < -0.39 is 11.7 Å². The number of amides is 2. The first-order chi connectivity index (χ1) is 10.0. The number of rotatable bonds is 8. The topological polar surface area (TPSA) is 84.2 Å². The molecule has 0 spiro atoms. The van der Waals surface area contributed by atoms with Crippen molar-refractivity contribution in [2.75, 3.05) is 19.6 Å². The van der Waals surface area contributed by atoms with E-state index >= 15 is 0 Å². The summed E-state index contributed by atoms with van der Waals surface area (Å²) in [5, 5.41) is 5.32. The molecule has 2 amide bonds. The summed E-state index contributed by atoms with van der Waals surface area (Å²) in [5.41, 5.74) is 5.55. The van der Waals surface area contributed by atoms with E-state index in [1.165, 1.54) is 12.1 Å². The molecule has 0 aliphatic rings. The van der Waals surface area contributed by atoms with Gasteiger partial charge in [-0.05, 0) is 53.5 Å². The van der Waals surface area contributed by atoms with Crippen LogP contribution in [0.2, 0.25) is 0 Å². The van der Waals surface area contributed by atoms with Crippen molar-refractivity contribution in [1.29, 1.82) is 0 Å². The second-order valence-corrected chi connectivity index (χ2v) is 5.33. The average Bonchev–Trinajstić information content (AvgIpc) is 2.46. The number of hydrogen-bond donors (Lipinski definition) is 3. The van der Waals surface area contributed by atoms with E-state index in [1.807, 2.05) is 0 Å². The molecular weight excluding hydrogens is 341 g/mol. The summed E-state index contributed by atoms with van der Waals surface area (Å²) in [4.78, 5) is 23.3. The number of nitrogens with one attached hydrogen (secondary N) is 2. The molecule has 0 saturated heterocycles. The number of benzene rings is 1. The summed E-state index contributed by atoms with van der Waals surface area (Å²) < 4.78 is 13.6. The van der Waals surface area contributed by atoms with Crippen LogP contribution in [-0.2, 0) is 4.79 Å². The first-order valence-corrected chi connectivity index (χ1v) is 7.54. The van der Waals surface area contributed by atoms with Gasteiger partial charge in [-0.3, -0.25) is 9.59 Å². The molecule has 0 fully saturated rings. The van der Waals surface area contributed by atoms with Crippen LogP contribution in [0.1, 0.15) is 29.6 Å². The van der Waals surface area contributed by atoms with Crippen LogP contribution in [0, 0.1) is 5.82 Å². The number of halogens is 2. The lowest BCUT2D eigenvalue weighted by Crippen LogP contribution is -2.31. The van der Waals surface area contributed by atoms with Crippen molar-refractivity contribution in [2.45, 2.75) is 19.3 Å². The molecule has 0 atom stereocenters. The van der Waals surface area contributed by atoms with Crippen molar-refractivity contribution < 1.29 is 14.0 Å². The van der Waals surface area contributed by atoms with Crippen LogP contribution >= 0.6 is 15.9 Å². The maximum atomic E-state index is 13.1. The Morgan fingerprint density at radius 1 is 1.19 bits per heavy atom. The molecule has 0 heterocycles. The molecule has 1 aromatic rings. The Kier molecular flexibility index (Phi) is 7.92. The molecule has 21 heavy (non-hydrogen) atoms. The zero-order chi connectivity index (χ0) is 15.7. The van der Waals surface area contributed by atoms with Crippen LogP contribution in [-0.4, -0.2) is 31.4 Å². The van der Waals surface area contributed by atoms with E-state index in [0.29, 0.717) is 17.6 Å². The maximum absolute atomic E-state index is 13.1. The van der Waals surface area contributed by atoms with Crippen molar-refractivity contribution in [3.8, 4) is 0 Å². The van der Waals surface area contributed by atoms with E-state index in [0.717, 1.165) is 18.9 Å². The second-order valence-electron chi connectivity index (χ2n) is 4.48. The molecule has 7 heteroatoms. The minimum atomic E-state index is -0.485. The highest BCUT2D eigenvalue weighted by molar-refractivity contribution is 9.10. The molecule has 0 aliphatic heterocycles. The zero-order valence-electron chi connectivity index (χ0n) is 11.6. The Morgan fingerprint density at radius 2 is 1.95 bits per heavy atom. The first kappa shape index (κ1) is 17.6. The van der Waals surface area contributed by atoms with Gasteiger partial charge >= 0.3 is 0 Å². The minimum absolute atomic E-state index is 0.134. The van der Waals surface area contributed by atoms with Crippen LogP contribution in [0.25, 0.3) is 0 Å². The fraction of sp³-hybridized carbons (Fsp3) is 0.429. The smallest absolute Gasteiger partial charge is 0.252 e. The number of unbranched alkanes of at least 4 members (excludes halogenated alkanes) is 1. The highest BCUT2D eigenvalue weighted by Crippen LogP contribution is 2.17. The zero-order valence-corrected chi connectivity index (χ0v) is 13.2. The molecule has 0 unspecified atom stereocenters. The summed E-state index contributed by atoms with van der Waals surface area (Å²) in [6.45, 7) is 1.39. The predicted molar refractivity (Wildman–Crippen MR) is 82.3 cm³/mol. The molecule has 0 radical (unpaired) electrons. The standard InChI is InChI=1S/C14H19BrFN3O2/c15-12-4-3-10(16)9-11(12)14(21)19-8-5-13(20)18-7-2-1-6-17/h3-4,9H,1-2,5-8,17H2,(H,18,20)(H,19,21). The lowest BCUT2D eigenvalue weighted by Gasteiger charge is -2.08. The van der Waals surface area contributed by atoms with Gasteiger partial charge in [0.05, 0.1) is 5.56 Å². The van der Waals surface area contributed by atoms with Crippen LogP contribution in [0.4, 0.5) is 4.39 Å². The predicted octanol–water partition coefficient (Wildman–Crippen LogP) is 1.56. The SMILES string of the molecule is NCCCCNC(=O)CCNC(=O)c1cc(F)ccc1Br. The van der Waals surface area contributed by atoms with Crippen molar-refractivity contribution in [3.63, 3.8) is 0 Å². The molecule has 4 N–H and O–H groups in total. The fourth-order valence-corrected chi connectivity index (χ4v) is 2.07. The van der Waals surface area contributed by atoms with Gasteiger partial charge in [0.2, 0.25) is 5.91 Å². The Hall–Kier alpha value is -1.47. The van der Waals surface area contributed by atoms with Gasteiger partial charge in [-0.2, -0.15) is 0 Å². The van der Waals surface area contributed by atoms with Crippen LogP contribution in [0.15, 0.2) is 22.7 Å². The Balaban J connectivity index is 2.30. The lowest BCUT2D eigenvalue weighted by atomic mass is 10.2. The number of nitrogens with two attached hydrogens (primary N) is 1. The number of hydrogen-bond acceptors (Lipinski definition) is 3. The molecule has 5 nitrogen and oxygen atoms in total. The third-order valence-corrected chi connectivity index (χ3v) is 3.46. The van der Waals surface area contributed by atoms with Crippen LogP contribution in [0.5, 0.6) is 0 Å². The van der Waals surface area contributed by atoms with Crippen molar-refractivity contribution in [3.05, 3.63) is 34.1 Å². The molecule has 1 aromatic carbocycles. The van der Waals surface area contributed by atoms with Crippen LogP contribution in [0.3, 0.4) is 0 Å². The first-order valence-electron chi connectivity index (χ1n) is 6.74. The Labute approximate surface area is 131 Å². The molecule has 1 rings (SSSR count). The summed E-state index contributed by atoms with van der Waals surface area (Å²) >= 11 is 3.18. The maximum Gasteiger partial charge on any atom is 0.252 e. The van der Waals surface area contributed by atoms with Gasteiger partial charge in [0.25, 0.3) is 5.91 Å². The second kappa shape index (κ2) is 9.46. The van der Waals surface area contributed by atoms with Gasteiger partial charge in [0.1, 0.15) is 5.82 Å². The Morgan fingerprint density at radius 3 is 2.67 bits per heavy atom. The minimum Gasteiger partial charge on any atom is -0.356 e. The largest absolute Gasteiger partial charge is 0.356 e. The molecular formula is C14H19BrFN3O2. The normalized spacial score (nSPS) is 10.2. The Bertz CT molecular complexity index is 497. The van der Waals surface area contributed by atoms with E-state index in [2.05, 4.69) is 26.6 Å². The van der Waals surface area contributed by atoms with Crippen molar-refractivity contribution in [2.24, 2.45) is 5.73 Å². The van der Waals surface area contributed by atoms with Gasteiger partial charge < -0.3 is 16.4 Å². The van der Waals surface area contributed by atoms with Gasteiger partial charge in [-0.1, -0.05) is 0 Å². The van der Waals surface area contributed by atoms with Gasteiger partial charge in [0, 0.05) is 24.0 Å². The third kappa shape index (κ3) is 6.68. The van der Waals surface area contributed by atoms with E-state index in [1.54, 1.807) is 0 Å². The summed E-state index contributed by atoms with van der Waals surface area (Å²) in [5.74, 6) is -1.04. The third-order valence-electron chi connectivity index (χ3n) is 2.76. The summed E-state index contributed by atoms with van der Waals surface area (Å²) in [6, 6.07) is 3.87. The monoisotopic (exact) mass is 359 g/mol. The highest BCUT2D eigenvalue weighted by atomic mass is 79.9. The quantitative estimate of drug-likeness (QED) is 0.616. The molecule has 0 aliphatic carbocycles. The van der Waals surface area contributed by atoms with Crippen LogP contribution < -0.4 is 16.4 Å². The van der Waals surface area contributed by atoms with Crippen molar-refractivity contribution in [1.82, 2.24) is 10.6 Å². The number of carbonyl (C=O) groups excluding carboxylic acids is 2. The summed E-state index contributed by atoms with van der Waals surface area (Å²) in [6.07, 6.45) is 1.89. The van der Waals surface area contributed by atoms with E-state index in [9.17, 15) is 14.0 Å². The molecule has 0 bridgehead atoms. The molecule has 116 valence electrons. The van der Waals surface area contributed by atoms with Gasteiger partial charge in [0.15, 0.2) is 0 Å². The molecule has 0 saturated carbocycles. The number of carbonyl (C=O) groups is 2. The van der Waals surface area contributed by atoms with Gasteiger partial charge in [-0.25, -0.2) is 4.39 Å². The van der Waals surface area contributed by atoms with Crippen molar-refractivity contribution >= 4 is 27.7 Å². The average molecular weight is 360 g/mol. The highest BCUT2D eigenvalue weighted by Gasteiger charge is 2.11. The van der Waals surface area contributed by atoms with Gasteiger partial charge in [-0.15, -0.1) is 0 Å². The fourth-order valence-electron chi connectivity index (χ4n) is 1.64. The van der Waals surface area contributed by atoms with E-state index in [-0.39, 0.29) is 24.4 Å². The van der Waals surface area contributed by atoms with E-state index in [4.69, 9.17) is 5.73 Å². The molecule has 0 aromatic heterocycles.